The minimum absolute atomic E-state index is 0.153. The molecule has 0 amide bonds. The molecule has 0 spiro atoms. The van der Waals surface area contributed by atoms with Crippen LogP contribution in [0.2, 0.25) is 0 Å². The number of fused-ring (bicyclic) bond motifs is 16. The number of aryl methyl sites for hydroxylation is 1. The van der Waals surface area contributed by atoms with Gasteiger partial charge < -0.3 is 4.57 Å². The van der Waals surface area contributed by atoms with E-state index in [0.717, 1.165) is 12.8 Å². The smallest absolute Gasteiger partial charge is 0.0734 e. The van der Waals surface area contributed by atoms with Gasteiger partial charge in [-0.15, -0.1) is 11.3 Å². The lowest BCUT2D eigenvalue weighted by molar-refractivity contribution is 0.656. The van der Waals surface area contributed by atoms with E-state index in [-0.39, 0.29) is 11.3 Å². The van der Waals surface area contributed by atoms with Gasteiger partial charge in [-0.1, -0.05) is 263 Å². The second-order valence-corrected chi connectivity index (χ2v) is 23.6. The maximum Gasteiger partial charge on any atom is 0.0734 e. The lowest BCUT2D eigenvalue weighted by Gasteiger charge is -2.34. The third kappa shape index (κ3) is 6.81. The Kier molecular flexibility index (Phi) is 10.3. The van der Waals surface area contributed by atoms with Crippen LogP contribution < -0.4 is 0 Å². The molecule has 1 atom stereocenters. The molecule has 2 heterocycles. The molecule has 0 aliphatic heterocycles. The zero-order valence-electron chi connectivity index (χ0n) is 44.3. The Morgan fingerprint density at radius 3 is 1.66 bits per heavy atom. The molecule has 0 saturated heterocycles. The van der Waals surface area contributed by atoms with Crippen molar-refractivity contribution in [1.82, 2.24) is 4.57 Å². The summed E-state index contributed by atoms with van der Waals surface area (Å²) in [5, 5.41) is 7.92. The molecule has 374 valence electrons. The quantitative estimate of drug-likeness (QED) is 0.127. The molecule has 1 unspecified atom stereocenters. The number of nitrogens with zero attached hydrogens (tertiary/aromatic N) is 1. The minimum atomic E-state index is -0.464. The summed E-state index contributed by atoms with van der Waals surface area (Å²) in [7, 11) is 0. The predicted molar refractivity (Wildman–Crippen MR) is 335 cm³/mol. The number of thiophene rings is 1. The number of hydrogen-bond acceptors (Lipinski definition) is 1. The molecular weight excluding hydrogens is 971 g/mol. The van der Waals surface area contributed by atoms with Crippen LogP contribution in [-0.4, -0.2) is 4.57 Å². The Bertz CT molecular complexity index is 4690. The van der Waals surface area contributed by atoms with Gasteiger partial charge in [-0.2, -0.15) is 0 Å². The van der Waals surface area contributed by atoms with Gasteiger partial charge in [-0.25, -0.2) is 0 Å². The first kappa shape index (κ1) is 46.1. The minimum Gasteiger partial charge on any atom is -0.308 e. The monoisotopic (exact) mass is 1030 g/mol. The second-order valence-electron chi connectivity index (χ2n) is 22.6. The zero-order valence-corrected chi connectivity index (χ0v) is 45.1. The van der Waals surface area contributed by atoms with Crippen LogP contribution >= 0.6 is 11.3 Å². The first-order valence-corrected chi connectivity index (χ1v) is 28.8. The van der Waals surface area contributed by atoms with E-state index >= 15 is 0 Å². The van der Waals surface area contributed by atoms with E-state index in [1.54, 1.807) is 0 Å². The number of benzene rings is 12. The Hall–Kier alpha value is -9.08. The molecular formula is C77H55NS. The first-order valence-electron chi connectivity index (χ1n) is 28.0. The number of para-hydroxylation sites is 1. The van der Waals surface area contributed by atoms with Crippen molar-refractivity contribution in [1.29, 1.82) is 0 Å². The van der Waals surface area contributed by atoms with Gasteiger partial charge in [-0.05, 0) is 131 Å². The molecule has 2 aromatic heterocycles. The predicted octanol–water partition coefficient (Wildman–Crippen LogP) is 20.4. The van der Waals surface area contributed by atoms with Crippen molar-refractivity contribution in [3.05, 3.63) is 317 Å². The van der Waals surface area contributed by atoms with Crippen LogP contribution in [0.1, 0.15) is 76.3 Å². The highest BCUT2D eigenvalue weighted by Gasteiger charge is 2.46. The standard InChI is InChI=1S/C77H55NS/c1-76(2)68-46-49(35-43-61(68)62-45-41-56(48-69(62)76)78-71-33-19-17-31-66(71)75-73(78)72-64-29-14-12-26-58(64)59-27-13-15-30-65(59)74(72)79-75)34-42-57(52-38-36-51(37-39-52)50-20-6-3-7-21-50)53-40-44-63-60-28-16-18-32-67(60)77(70(63)47-53,54-22-8-4-9-23-54)55-24-10-5-11-25-55/h3-33,35-41,43-48,57H,34,42H2,1-2H3. The van der Waals surface area contributed by atoms with E-state index in [0.29, 0.717) is 0 Å². The molecule has 14 aromatic rings. The maximum absolute atomic E-state index is 2.58. The van der Waals surface area contributed by atoms with Crippen molar-refractivity contribution in [3.63, 3.8) is 0 Å². The van der Waals surface area contributed by atoms with E-state index in [1.165, 1.54) is 142 Å². The van der Waals surface area contributed by atoms with Crippen LogP contribution in [0.25, 0.3) is 91.8 Å². The van der Waals surface area contributed by atoms with Crippen molar-refractivity contribution >= 4 is 64.1 Å². The van der Waals surface area contributed by atoms with Crippen LogP contribution in [-0.2, 0) is 17.3 Å². The van der Waals surface area contributed by atoms with Crippen LogP contribution in [0.5, 0.6) is 0 Å². The highest BCUT2D eigenvalue weighted by molar-refractivity contribution is 7.27. The van der Waals surface area contributed by atoms with E-state index in [4.69, 9.17) is 0 Å². The average Bonchev–Trinajstić information content (AvgIpc) is 3.07. The normalized spacial score (nSPS) is 14.2. The van der Waals surface area contributed by atoms with Crippen molar-refractivity contribution in [2.75, 3.05) is 0 Å². The molecule has 0 saturated carbocycles. The molecule has 12 aromatic carbocycles. The van der Waals surface area contributed by atoms with Crippen molar-refractivity contribution < 1.29 is 0 Å². The maximum atomic E-state index is 2.58. The fourth-order valence-electron chi connectivity index (χ4n) is 14.5. The molecule has 2 aliphatic rings. The fraction of sp³-hybridized carbons (Fsp3) is 0.0909. The molecule has 16 rings (SSSR count). The summed E-state index contributed by atoms with van der Waals surface area (Å²) in [5.41, 5.74) is 23.0. The van der Waals surface area contributed by atoms with Crippen molar-refractivity contribution in [3.8, 4) is 39.1 Å². The van der Waals surface area contributed by atoms with Crippen LogP contribution in [0.15, 0.2) is 267 Å². The van der Waals surface area contributed by atoms with Gasteiger partial charge in [0.15, 0.2) is 0 Å². The largest absolute Gasteiger partial charge is 0.308 e. The van der Waals surface area contributed by atoms with Gasteiger partial charge in [0.2, 0.25) is 0 Å². The summed E-state index contributed by atoms with van der Waals surface area (Å²) in [5.74, 6) is 0.153. The van der Waals surface area contributed by atoms with Gasteiger partial charge in [-0.3, -0.25) is 0 Å². The summed E-state index contributed by atoms with van der Waals surface area (Å²) in [4.78, 5) is 0. The highest BCUT2D eigenvalue weighted by atomic mass is 32.1. The Balaban J connectivity index is 0.796. The van der Waals surface area contributed by atoms with Crippen molar-refractivity contribution in [2.24, 2.45) is 0 Å². The molecule has 2 heteroatoms. The van der Waals surface area contributed by atoms with Gasteiger partial charge in [0, 0.05) is 37.9 Å². The van der Waals surface area contributed by atoms with E-state index in [9.17, 15) is 0 Å². The summed E-state index contributed by atoms with van der Waals surface area (Å²) in [6.07, 6.45) is 1.91. The van der Waals surface area contributed by atoms with E-state index in [2.05, 4.69) is 285 Å². The summed E-state index contributed by atoms with van der Waals surface area (Å²) >= 11 is 1.95. The lowest BCUT2D eigenvalue weighted by Crippen LogP contribution is -2.28. The molecule has 0 N–H and O–H groups in total. The van der Waals surface area contributed by atoms with Gasteiger partial charge >= 0.3 is 0 Å². The summed E-state index contributed by atoms with van der Waals surface area (Å²) < 4.78 is 5.28. The molecule has 2 aliphatic carbocycles. The third-order valence-electron chi connectivity index (χ3n) is 18.2. The van der Waals surface area contributed by atoms with Gasteiger partial charge in [0.25, 0.3) is 0 Å². The molecule has 0 bridgehead atoms. The van der Waals surface area contributed by atoms with Gasteiger partial charge in [0.05, 0.1) is 21.1 Å². The number of hydrogen-bond donors (Lipinski definition) is 0. The summed E-state index contributed by atoms with van der Waals surface area (Å²) in [6.45, 7) is 4.89. The van der Waals surface area contributed by atoms with E-state index < -0.39 is 5.41 Å². The van der Waals surface area contributed by atoms with Crippen LogP contribution in [0, 0.1) is 0 Å². The van der Waals surface area contributed by atoms with Crippen molar-refractivity contribution in [2.45, 2.75) is 43.4 Å². The number of rotatable bonds is 9. The van der Waals surface area contributed by atoms with Gasteiger partial charge in [0.1, 0.15) is 0 Å². The van der Waals surface area contributed by atoms with Crippen LogP contribution in [0.4, 0.5) is 0 Å². The topological polar surface area (TPSA) is 4.93 Å². The number of aromatic nitrogens is 1. The zero-order chi connectivity index (χ0) is 52.4. The molecule has 1 nitrogen and oxygen atoms in total. The Morgan fingerprint density at radius 1 is 0.392 bits per heavy atom. The van der Waals surface area contributed by atoms with E-state index in [1.807, 2.05) is 11.3 Å². The molecule has 0 fully saturated rings. The first-order chi connectivity index (χ1) is 38.9. The highest BCUT2D eigenvalue weighted by Crippen LogP contribution is 2.57. The second kappa shape index (κ2) is 17.7. The lowest BCUT2D eigenvalue weighted by atomic mass is 9.67. The third-order valence-corrected chi connectivity index (χ3v) is 19.4. The Morgan fingerprint density at radius 2 is 0.924 bits per heavy atom. The molecule has 79 heavy (non-hydrogen) atoms. The summed E-state index contributed by atoms with van der Waals surface area (Å²) in [6, 6.07) is 101. The van der Waals surface area contributed by atoms with Crippen LogP contribution in [0.3, 0.4) is 0 Å². The fourth-order valence-corrected chi connectivity index (χ4v) is 15.9. The average molecular weight is 1030 g/mol. The SMILES string of the molecule is CC1(C)c2cc(CCC(c3ccc(-c4ccccc4)cc3)c3ccc4c(c3)C(c3ccccc3)(c3ccccc3)c3ccccc3-4)ccc2-c2ccc(-n3c4ccccc4c4sc5c6ccccc6c6ccccc6c5c43)cc21. The molecule has 0 radical (unpaired) electrons. The Labute approximate surface area is 465 Å².